The Bertz CT molecular complexity index is 1490. The van der Waals surface area contributed by atoms with Crippen LogP contribution in [-0.2, 0) is 0 Å². The Labute approximate surface area is 181 Å². The molecule has 4 nitrogen and oxygen atoms in total. The Morgan fingerprint density at radius 3 is 2.61 bits per heavy atom. The molecule has 0 saturated carbocycles. The normalized spacial score (nSPS) is 12.7. The second-order valence-corrected chi connectivity index (χ2v) is 7.60. The maximum Gasteiger partial charge on any atom is 0.146 e. The van der Waals surface area contributed by atoms with E-state index in [9.17, 15) is 0 Å². The van der Waals surface area contributed by atoms with Gasteiger partial charge in [0, 0.05) is 33.6 Å². The zero-order valence-electron chi connectivity index (χ0n) is 17.9. The van der Waals surface area contributed by atoms with Gasteiger partial charge >= 0.3 is 0 Å². The number of benzene rings is 2. The van der Waals surface area contributed by atoms with Gasteiger partial charge in [-0.05, 0) is 63.2 Å². The first-order chi connectivity index (χ1) is 15.2. The summed E-state index contributed by atoms with van der Waals surface area (Å²) in [5.74, 6) is 0.992. The number of allylic oxidation sites excluding steroid dienone is 3. The number of rotatable bonds is 4. The van der Waals surface area contributed by atoms with E-state index in [2.05, 4.69) is 77.5 Å². The average molecular weight is 405 g/mol. The number of aromatic nitrogens is 3. The molecule has 0 radical (unpaired) electrons. The number of nitrogens with zero attached hydrogens (tertiary/aromatic N) is 3. The largest absolute Gasteiger partial charge is 0.346 e. The van der Waals surface area contributed by atoms with Gasteiger partial charge in [-0.1, -0.05) is 36.4 Å². The van der Waals surface area contributed by atoms with Crippen LogP contribution in [0.2, 0.25) is 0 Å². The van der Waals surface area contributed by atoms with Crippen LogP contribution in [0, 0.1) is 0 Å². The summed E-state index contributed by atoms with van der Waals surface area (Å²) in [6, 6.07) is 23.1. The van der Waals surface area contributed by atoms with Crippen LogP contribution >= 0.6 is 0 Å². The lowest BCUT2D eigenvalue weighted by atomic mass is 10.1. The third-order valence-electron chi connectivity index (χ3n) is 5.69. The van der Waals surface area contributed by atoms with Crippen LogP contribution in [0.1, 0.15) is 20.8 Å². The fourth-order valence-corrected chi connectivity index (χ4v) is 4.01. The summed E-state index contributed by atoms with van der Waals surface area (Å²) in [4.78, 5) is 9.60. The Morgan fingerprint density at radius 1 is 0.903 bits per heavy atom. The molecule has 1 N–H and O–H groups in total. The molecule has 0 spiro atoms. The highest BCUT2D eigenvalue weighted by atomic mass is 15.2. The molecule has 3 heterocycles. The summed E-state index contributed by atoms with van der Waals surface area (Å²) in [5, 5.41) is 6.94. The average Bonchev–Trinajstić information content (AvgIpc) is 3.15. The maximum absolute atomic E-state index is 4.89. The van der Waals surface area contributed by atoms with E-state index < -0.39 is 0 Å². The van der Waals surface area contributed by atoms with Crippen molar-refractivity contribution in [3.63, 3.8) is 0 Å². The molecule has 0 fully saturated rings. The number of fused-ring (bicyclic) bond motifs is 4. The standard InChI is InChI=1S/C27H24N4/c1-4-18(3)29-26(5-2)31-25-15-13-20(17-22(25)21-10-8-16-28-27(21)31)24-14-12-19-9-6-7-11-23(19)30-24/h4-17,29H,1-3H3/b18-4+,26-5+. The molecule has 0 unspecified atom stereocenters. The molecule has 2 aromatic carbocycles. The maximum atomic E-state index is 4.89. The van der Waals surface area contributed by atoms with E-state index in [0.717, 1.165) is 55.6 Å². The molecule has 5 rings (SSSR count). The molecule has 4 heteroatoms. The van der Waals surface area contributed by atoms with Crippen LogP contribution in [-0.4, -0.2) is 14.5 Å². The predicted molar refractivity (Wildman–Crippen MR) is 130 cm³/mol. The third kappa shape index (κ3) is 3.26. The molecular weight excluding hydrogens is 380 g/mol. The fourth-order valence-electron chi connectivity index (χ4n) is 4.01. The summed E-state index contributed by atoms with van der Waals surface area (Å²) >= 11 is 0. The first kappa shape index (κ1) is 19.1. The number of pyridine rings is 2. The van der Waals surface area contributed by atoms with Gasteiger partial charge in [0.15, 0.2) is 0 Å². The highest BCUT2D eigenvalue weighted by Gasteiger charge is 2.15. The van der Waals surface area contributed by atoms with Crippen molar-refractivity contribution < 1.29 is 0 Å². The van der Waals surface area contributed by atoms with E-state index in [1.165, 1.54) is 0 Å². The molecule has 0 aliphatic heterocycles. The fraction of sp³-hybridized carbons (Fsp3) is 0.111. The minimum Gasteiger partial charge on any atom is -0.346 e. The minimum absolute atomic E-state index is 0.936. The van der Waals surface area contributed by atoms with Gasteiger partial charge in [-0.25, -0.2) is 9.97 Å². The van der Waals surface area contributed by atoms with Crippen molar-refractivity contribution in [2.75, 3.05) is 0 Å². The van der Waals surface area contributed by atoms with Gasteiger partial charge in [-0.3, -0.25) is 4.57 Å². The molecule has 5 aromatic rings. The number of hydrogen-bond acceptors (Lipinski definition) is 3. The zero-order valence-corrected chi connectivity index (χ0v) is 17.9. The van der Waals surface area contributed by atoms with Gasteiger partial charge in [0.1, 0.15) is 11.5 Å². The lowest BCUT2D eigenvalue weighted by Crippen LogP contribution is -2.15. The Balaban J connectivity index is 1.73. The molecule has 31 heavy (non-hydrogen) atoms. The van der Waals surface area contributed by atoms with Crippen molar-refractivity contribution in [1.82, 2.24) is 19.9 Å². The van der Waals surface area contributed by atoms with E-state index in [1.807, 2.05) is 38.2 Å². The molecule has 0 saturated heterocycles. The minimum atomic E-state index is 0.936. The van der Waals surface area contributed by atoms with Gasteiger partial charge in [0.25, 0.3) is 0 Å². The van der Waals surface area contributed by atoms with Crippen molar-refractivity contribution in [2.45, 2.75) is 20.8 Å². The summed E-state index contributed by atoms with van der Waals surface area (Å²) < 4.78 is 2.19. The van der Waals surface area contributed by atoms with Crippen molar-refractivity contribution in [3.8, 4) is 11.3 Å². The highest BCUT2D eigenvalue weighted by molar-refractivity contribution is 6.09. The van der Waals surface area contributed by atoms with Crippen LogP contribution in [0.25, 0.3) is 49.9 Å². The van der Waals surface area contributed by atoms with Crippen LogP contribution in [0.5, 0.6) is 0 Å². The van der Waals surface area contributed by atoms with Crippen molar-refractivity contribution in [3.05, 3.63) is 90.8 Å². The second kappa shape index (κ2) is 7.73. The Kier molecular flexibility index (Phi) is 4.75. The number of nitrogens with one attached hydrogen (secondary N) is 1. The van der Waals surface area contributed by atoms with Gasteiger partial charge < -0.3 is 5.32 Å². The van der Waals surface area contributed by atoms with Crippen molar-refractivity contribution in [1.29, 1.82) is 0 Å². The lowest BCUT2D eigenvalue weighted by molar-refractivity contribution is 0.971. The van der Waals surface area contributed by atoms with E-state index in [0.29, 0.717) is 0 Å². The van der Waals surface area contributed by atoms with Gasteiger partial charge in [-0.2, -0.15) is 0 Å². The molecule has 0 bridgehead atoms. The molecular formula is C27H24N4. The van der Waals surface area contributed by atoms with E-state index in [1.54, 1.807) is 0 Å². The SMILES string of the molecule is C/C=C(\C)N/C(=C\C)n1c2ccc(-c3ccc4ccccc4n3)cc2c2cccnc21. The first-order valence-electron chi connectivity index (χ1n) is 10.5. The quantitative estimate of drug-likeness (QED) is 0.361. The van der Waals surface area contributed by atoms with Crippen LogP contribution < -0.4 is 5.32 Å². The van der Waals surface area contributed by atoms with E-state index in [-0.39, 0.29) is 0 Å². The molecule has 0 atom stereocenters. The van der Waals surface area contributed by atoms with Crippen molar-refractivity contribution in [2.24, 2.45) is 0 Å². The first-order valence-corrected chi connectivity index (χ1v) is 10.5. The van der Waals surface area contributed by atoms with Gasteiger partial charge in [0.2, 0.25) is 0 Å². The summed E-state index contributed by atoms with van der Waals surface area (Å²) in [5.41, 5.74) is 6.22. The van der Waals surface area contributed by atoms with Crippen molar-refractivity contribution >= 4 is 38.7 Å². The topological polar surface area (TPSA) is 42.7 Å². The smallest absolute Gasteiger partial charge is 0.146 e. The van der Waals surface area contributed by atoms with Crippen LogP contribution in [0.3, 0.4) is 0 Å². The lowest BCUT2D eigenvalue weighted by Gasteiger charge is -2.14. The Hall–Kier alpha value is -3.92. The third-order valence-corrected chi connectivity index (χ3v) is 5.69. The number of hydrogen-bond donors (Lipinski definition) is 1. The highest BCUT2D eigenvalue weighted by Crippen LogP contribution is 2.33. The van der Waals surface area contributed by atoms with E-state index >= 15 is 0 Å². The monoisotopic (exact) mass is 404 g/mol. The van der Waals surface area contributed by atoms with Crippen LogP contribution in [0.4, 0.5) is 0 Å². The summed E-state index contributed by atoms with van der Waals surface area (Å²) in [6.45, 7) is 6.14. The molecule has 152 valence electrons. The summed E-state index contributed by atoms with van der Waals surface area (Å²) in [7, 11) is 0. The summed E-state index contributed by atoms with van der Waals surface area (Å²) in [6.07, 6.45) is 5.99. The Morgan fingerprint density at radius 2 is 1.77 bits per heavy atom. The molecule has 0 amide bonds. The molecule has 0 aliphatic rings. The van der Waals surface area contributed by atoms with Gasteiger partial charge in [-0.15, -0.1) is 0 Å². The molecule has 3 aromatic heterocycles. The number of para-hydroxylation sites is 1. The van der Waals surface area contributed by atoms with Crippen LogP contribution in [0.15, 0.2) is 90.8 Å². The zero-order chi connectivity index (χ0) is 21.4. The van der Waals surface area contributed by atoms with E-state index in [4.69, 9.17) is 9.97 Å². The molecule has 0 aliphatic carbocycles. The van der Waals surface area contributed by atoms with Gasteiger partial charge in [0.05, 0.1) is 16.7 Å². The predicted octanol–water partition coefficient (Wildman–Crippen LogP) is 6.74. The second-order valence-electron chi connectivity index (χ2n) is 7.60.